The molecular formula is C18H23ClN4O. The number of amides is 1. The fourth-order valence-corrected chi connectivity index (χ4v) is 3.30. The van der Waals surface area contributed by atoms with E-state index in [1.54, 1.807) is 0 Å². The Kier molecular flexibility index (Phi) is 4.81. The topological polar surface area (TPSA) is 41.4 Å². The first kappa shape index (κ1) is 16.8. The summed E-state index contributed by atoms with van der Waals surface area (Å²) in [6.07, 6.45) is 0. The van der Waals surface area contributed by atoms with Gasteiger partial charge in [-0.1, -0.05) is 17.7 Å². The number of benzene rings is 1. The highest BCUT2D eigenvalue weighted by molar-refractivity contribution is 6.30. The summed E-state index contributed by atoms with van der Waals surface area (Å²) in [7, 11) is 0. The van der Waals surface area contributed by atoms with Gasteiger partial charge in [-0.25, -0.2) is 0 Å². The number of anilines is 1. The standard InChI is InChI=1S/C18H23ClN4O/c1-13(2)23-14(3)11-17(20-23)18(24)22-9-7-21(8-10-22)16-6-4-5-15(19)12-16/h4-6,11-13H,7-10H2,1-3H3. The van der Waals surface area contributed by atoms with Crippen molar-refractivity contribution in [2.75, 3.05) is 31.1 Å². The van der Waals surface area contributed by atoms with Crippen LogP contribution < -0.4 is 4.90 Å². The molecule has 0 bridgehead atoms. The molecular weight excluding hydrogens is 324 g/mol. The van der Waals surface area contributed by atoms with Crippen LogP contribution in [0.5, 0.6) is 0 Å². The number of aryl methyl sites for hydroxylation is 1. The van der Waals surface area contributed by atoms with E-state index in [0.29, 0.717) is 18.8 Å². The Bertz CT molecular complexity index is 732. The maximum Gasteiger partial charge on any atom is 0.274 e. The summed E-state index contributed by atoms with van der Waals surface area (Å²) in [5.41, 5.74) is 2.66. The molecule has 0 spiro atoms. The van der Waals surface area contributed by atoms with Gasteiger partial charge in [0.25, 0.3) is 5.91 Å². The summed E-state index contributed by atoms with van der Waals surface area (Å²) >= 11 is 6.06. The third kappa shape index (κ3) is 3.41. The maximum atomic E-state index is 12.7. The lowest BCUT2D eigenvalue weighted by Gasteiger charge is -2.35. The highest BCUT2D eigenvalue weighted by Crippen LogP contribution is 2.21. The van der Waals surface area contributed by atoms with Crippen LogP contribution in [0.2, 0.25) is 5.02 Å². The minimum absolute atomic E-state index is 0.0169. The molecule has 128 valence electrons. The summed E-state index contributed by atoms with van der Waals surface area (Å²) in [6.45, 7) is 9.11. The number of rotatable bonds is 3. The SMILES string of the molecule is Cc1cc(C(=O)N2CCN(c3cccc(Cl)c3)CC2)nn1C(C)C. The van der Waals surface area contributed by atoms with Gasteiger partial charge in [0.15, 0.2) is 5.69 Å². The summed E-state index contributed by atoms with van der Waals surface area (Å²) in [5.74, 6) is 0.0169. The van der Waals surface area contributed by atoms with E-state index < -0.39 is 0 Å². The smallest absolute Gasteiger partial charge is 0.274 e. The summed E-state index contributed by atoms with van der Waals surface area (Å²) in [4.78, 5) is 16.8. The van der Waals surface area contributed by atoms with E-state index in [-0.39, 0.29) is 11.9 Å². The Hall–Kier alpha value is -2.01. The van der Waals surface area contributed by atoms with Crippen LogP contribution in [0.4, 0.5) is 5.69 Å². The van der Waals surface area contributed by atoms with Crippen LogP contribution in [0.25, 0.3) is 0 Å². The summed E-state index contributed by atoms with van der Waals surface area (Å²) in [5, 5.41) is 5.20. The van der Waals surface area contributed by atoms with E-state index in [4.69, 9.17) is 11.6 Å². The zero-order valence-corrected chi connectivity index (χ0v) is 15.1. The summed E-state index contributed by atoms with van der Waals surface area (Å²) < 4.78 is 1.90. The van der Waals surface area contributed by atoms with Crippen LogP contribution in [0, 0.1) is 6.92 Å². The lowest BCUT2D eigenvalue weighted by molar-refractivity contribution is 0.0739. The molecule has 2 aromatic rings. The molecule has 1 saturated heterocycles. The monoisotopic (exact) mass is 346 g/mol. The highest BCUT2D eigenvalue weighted by atomic mass is 35.5. The Balaban J connectivity index is 1.66. The van der Waals surface area contributed by atoms with Gasteiger partial charge in [0.2, 0.25) is 0 Å². The summed E-state index contributed by atoms with van der Waals surface area (Å²) in [6, 6.07) is 9.98. The maximum absolute atomic E-state index is 12.7. The molecule has 1 aliphatic rings. The normalized spacial score (nSPS) is 15.2. The predicted octanol–water partition coefficient (Wildman–Crippen LogP) is 3.39. The third-order valence-electron chi connectivity index (χ3n) is 4.37. The Morgan fingerprint density at radius 3 is 2.46 bits per heavy atom. The van der Waals surface area contributed by atoms with Gasteiger partial charge in [-0.15, -0.1) is 0 Å². The minimum Gasteiger partial charge on any atom is -0.368 e. The molecule has 1 aliphatic heterocycles. The number of piperazine rings is 1. The van der Waals surface area contributed by atoms with Crippen molar-refractivity contribution in [3.8, 4) is 0 Å². The average molecular weight is 347 g/mol. The van der Waals surface area contributed by atoms with E-state index in [2.05, 4.69) is 29.9 Å². The quantitative estimate of drug-likeness (QED) is 0.855. The van der Waals surface area contributed by atoms with Crippen molar-refractivity contribution >= 4 is 23.2 Å². The van der Waals surface area contributed by atoms with Gasteiger partial charge < -0.3 is 9.80 Å². The lowest BCUT2D eigenvalue weighted by atomic mass is 10.2. The fourth-order valence-electron chi connectivity index (χ4n) is 3.12. The molecule has 5 nitrogen and oxygen atoms in total. The first-order valence-corrected chi connectivity index (χ1v) is 8.69. The van der Waals surface area contributed by atoms with Gasteiger partial charge in [-0.3, -0.25) is 9.48 Å². The van der Waals surface area contributed by atoms with Crippen LogP contribution in [-0.4, -0.2) is 46.8 Å². The molecule has 1 aromatic heterocycles. The highest BCUT2D eigenvalue weighted by Gasteiger charge is 2.24. The molecule has 0 saturated carbocycles. The van der Waals surface area contributed by atoms with Gasteiger partial charge in [-0.2, -0.15) is 5.10 Å². The second-order valence-corrected chi connectivity index (χ2v) is 6.90. The minimum atomic E-state index is 0.0169. The molecule has 3 rings (SSSR count). The van der Waals surface area contributed by atoms with Crippen LogP contribution >= 0.6 is 11.6 Å². The van der Waals surface area contributed by atoms with E-state index in [0.717, 1.165) is 29.5 Å². The van der Waals surface area contributed by atoms with E-state index in [9.17, 15) is 4.79 Å². The number of hydrogen-bond donors (Lipinski definition) is 0. The van der Waals surface area contributed by atoms with Crippen molar-refractivity contribution in [1.29, 1.82) is 0 Å². The molecule has 0 N–H and O–H groups in total. The molecule has 1 aromatic carbocycles. The van der Waals surface area contributed by atoms with Crippen molar-refractivity contribution in [3.63, 3.8) is 0 Å². The van der Waals surface area contributed by atoms with Gasteiger partial charge in [0.05, 0.1) is 0 Å². The zero-order chi connectivity index (χ0) is 17.3. The first-order valence-electron chi connectivity index (χ1n) is 8.31. The van der Waals surface area contributed by atoms with Crippen molar-refractivity contribution in [1.82, 2.24) is 14.7 Å². The molecule has 1 amide bonds. The van der Waals surface area contributed by atoms with Crippen LogP contribution in [0.1, 0.15) is 36.1 Å². The third-order valence-corrected chi connectivity index (χ3v) is 4.61. The molecule has 2 heterocycles. The Morgan fingerprint density at radius 2 is 1.88 bits per heavy atom. The molecule has 0 unspecified atom stereocenters. The Labute approximate surface area is 147 Å². The molecule has 24 heavy (non-hydrogen) atoms. The van der Waals surface area contributed by atoms with E-state index in [1.807, 2.05) is 40.8 Å². The van der Waals surface area contributed by atoms with Gasteiger partial charge >= 0.3 is 0 Å². The molecule has 0 atom stereocenters. The van der Waals surface area contributed by atoms with Crippen molar-refractivity contribution in [2.24, 2.45) is 0 Å². The number of carbonyl (C=O) groups excluding carboxylic acids is 1. The van der Waals surface area contributed by atoms with Crippen LogP contribution in [0.15, 0.2) is 30.3 Å². The van der Waals surface area contributed by atoms with Crippen molar-refractivity contribution < 1.29 is 4.79 Å². The van der Waals surface area contributed by atoms with E-state index >= 15 is 0 Å². The molecule has 6 heteroatoms. The van der Waals surface area contributed by atoms with Crippen molar-refractivity contribution in [2.45, 2.75) is 26.8 Å². The second-order valence-electron chi connectivity index (χ2n) is 6.47. The zero-order valence-electron chi connectivity index (χ0n) is 14.4. The number of carbonyl (C=O) groups is 1. The first-order chi connectivity index (χ1) is 11.5. The number of nitrogens with zero attached hydrogens (tertiary/aromatic N) is 4. The number of hydrogen-bond acceptors (Lipinski definition) is 3. The Morgan fingerprint density at radius 1 is 1.17 bits per heavy atom. The fraction of sp³-hybridized carbons (Fsp3) is 0.444. The van der Waals surface area contributed by atoms with Crippen LogP contribution in [-0.2, 0) is 0 Å². The number of halogens is 1. The molecule has 1 fully saturated rings. The van der Waals surface area contributed by atoms with Crippen LogP contribution in [0.3, 0.4) is 0 Å². The van der Waals surface area contributed by atoms with Gasteiger partial charge in [0.1, 0.15) is 0 Å². The number of aromatic nitrogens is 2. The van der Waals surface area contributed by atoms with E-state index in [1.165, 1.54) is 0 Å². The molecule has 0 radical (unpaired) electrons. The molecule has 0 aliphatic carbocycles. The van der Waals surface area contributed by atoms with Gasteiger partial charge in [0, 0.05) is 48.6 Å². The lowest BCUT2D eigenvalue weighted by Crippen LogP contribution is -2.48. The van der Waals surface area contributed by atoms with Crippen molar-refractivity contribution in [3.05, 3.63) is 46.7 Å². The largest absolute Gasteiger partial charge is 0.368 e. The average Bonchev–Trinajstić information content (AvgIpc) is 2.96. The predicted molar refractivity (Wildman–Crippen MR) is 96.9 cm³/mol. The second kappa shape index (κ2) is 6.85. The van der Waals surface area contributed by atoms with Gasteiger partial charge in [-0.05, 0) is 45.0 Å².